The number of carbonyl (C=O) groups excluding carboxylic acids is 1. The number of carbonyl (C=O) groups is 1. The van der Waals surface area contributed by atoms with E-state index in [2.05, 4.69) is 12.2 Å². The molecule has 2 unspecified atom stereocenters. The molecule has 4 heterocycles. The van der Waals surface area contributed by atoms with Crippen molar-refractivity contribution in [2.45, 2.75) is 70.7 Å². The molecule has 1 saturated carbocycles. The number of rotatable bonds is 3. The summed E-state index contributed by atoms with van der Waals surface area (Å²) < 4.78 is 39.3. The van der Waals surface area contributed by atoms with E-state index in [1.165, 1.54) is 12.1 Å². The normalized spacial score (nSPS) is 38.9. The van der Waals surface area contributed by atoms with E-state index in [-0.39, 0.29) is 24.1 Å². The van der Waals surface area contributed by atoms with Crippen LogP contribution in [0.25, 0.3) is 0 Å². The summed E-state index contributed by atoms with van der Waals surface area (Å²) in [5, 5.41) is 2.72. The molecule has 1 spiro atoms. The Morgan fingerprint density at radius 1 is 1.16 bits per heavy atom. The molecular formula is C23H27F2NO5. The van der Waals surface area contributed by atoms with Gasteiger partial charge >= 0.3 is 0 Å². The summed E-state index contributed by atoms with van der Waals surface area (Å²) in [7, 11) is 0. The van der Waals surface area contributed by atoms with Crippen LogP contribution in [0.4, 0.5) is 8.78 Å². The van der Waals surface area contributed by atoms with Crippen LogP contribution in [-0.2, 0) is 30.6 Å². The second-order valence-electron chi connectivity index (χ2n) is 9.45. The van der Waals surface area contributed by atoms with Gasteiger partial charge in [0.2, 0.25) is 12.1 Å². The first-order chi connectivity index (χ1) is 14.7. The summed E-state index contributed by atoms with van der Waals surface area (Å²) in [6.07, 6.45) is 2.66. The molecule has 8 heteroatoms. The van der Waals surface area contributed by atoms with E-state index in [1.807, 2.05) is 13.8 Å². The maximum absolute atomic E-state index is 13.5. The fourth-order valence-electron chi connectivity index (χ4n) is 5.82. The summed E-state index contributed by atoms with van der Waals surface area (Å²) in [5.74, 6) is -2.03. The number of benzene rings is 1. The van der Waals surface area contributed by atoms with E-state index in [4.69, 9.17) is 19.2 Å². The van der Waals surface area contributed by atoms with Gasteiger partial charge in [-0.05, 0) is 62.3 Å². The predicted octanol–water partition coefficient (Wildman–Crippen LogP) is 4.10. The number of halogens is 2. The molecule has 6 atom stereocenters. The van der Waals surface area contributed by atoms with E-state index in [9.17, 15) is 13.6 Å². The molecule has 1 amide bonds. The molecule has 6 rings (SSSR count). The highest BCUT2D eigenvalue weighted by molar-refractivity contribution is 5.92. The summed E-state index contributed by atoms with van der Waals surface area (Å²) in [4.78, 5) is 24.8. The van der Waals surface area contributed by atoms with Crippen LogP contribution in [0.3, 0.4) is 0 Å². The van der Waals surface area contributed by atoms with E-state index >= 15 is 0 Å². The van der Waals surface area contributed by atoms with Gasteiger partial charge in [0.15, 0.2) is 11.4 Å². The zero-order valence-corrected chi connectivity index (χ0v) is 17.9. The lowest BCUT2D eigenvalue weighted by Crippen LogP contribution is -2.67. The van der Waals surface area contributed by atoms with E-state index in [0.29, 0.717) is 17.9 Å². The summed E-state index contributed by atoms with van der Waals surface area (Å²) >= 11 is 0. The summed E-state index contributed by atoms with van der Waals surface area (Å²) in [6.45, 7) is 5.90. The van der Waals surface area contributed by atoms with E-state index in [1.54, 1.807) is 0 Å². The topological polar surface area (TPSA) is 66.0 Å². The fourth-order valence-corrected chi connectivity index (χ4v) is 5.82. The van der Waals surface area contributed by atoms with Crippen LogP contribution in [0.5, 0.6) is 0 Å². The SMILES string of the molecule is CC1=C(C(=O)NCc2cc(F)cc(F)c2)OC2OC3(C)CC[C@H]4[C@H](C)CC[C@@H]1[C@@]24OO3. The van der Waals surface area contributed by atoms with Crippen molar-refractivity contribution in [3.63, 3.8) is 0 Å². The quantitative estimate of drug-likeness (QED) is 0.725. The summed E-state index contributed by atoms with van der Waals surface area (Å²) in [6, 6.07) is 3.17. The van der Waals surface area contributed by atoms with Crippen molar-refractivity contribution in [2.75, 3.05) is 0 Å². The Bertz CT molecular complexity index is 932. The molecule has 0 radical (unpaired) electrons. The Morgan fingerprint density at radius 3 is 2.65 bits per heavy atom. The van der Waals surface area contributed by atoms with Crippen LogP contribution < -0.4 is 5.32 Å². The maximum Gasteiger partial charge on any atom is 0.286 e. The van der Waals surface area contributed by atoms with Crippen molar-refractivity contribution in [1.82, 2.24) is 5.32 Å². The minimum atomic E-state index is -0.927. The Morgan fingerprint density at radius 2 is 1.90 bits per heavy atom. The predicted molar refractivity (Wildman–Crippen MR) is 105 cm³/mol. The third-order valence-electron chi connectivity index (χ3n) is 7.41. The van der Waals surface area contributed by atoms with Crippen molar-refractivity contribution in [3.05, 3.63) is 46.7 Å². The van der Waals surface area contributed by atoms with Gasteiger partial charge in [-0.1, -0.05) is 6.92 Å². The third-order valence-corrected chi connectivity index (χ3v) is 7.41. The minimum absolute atomic E-state index is 0.0219. The third kappa shape index (κ3) is 3.27. The Balaban J connectivity index is 1.44. The summed E-state index contributed by atoms with van der Waals surface area (Å²) in [5.41, 5.74) is 0.332. The number of ether oxygens (including phenoxy) is 2. The highest BCUT2D eigenvalue weighted by Crippen LogP contribution is 2.60. The van der Waals surface area contributed by atoms with Crippen LogP contribution in [0.15, 0.2) is 29.5 Å². The smallest absolute Gasteiger partial charge is 0.286 e. The van der Waals surface area contributed by atoms with Gasteiger partial charge in [-0.25, -0.2) is 18.6 Å². The maximum atomic E-state index is 13.5. The Kier molecular flexibility index (Phi) is 4.88. The lowest BCUT2D eigenvalue weighted by Gasteiger charge is -2.57. The molecule has 1 aromatic rings. The highest BCUT2D eigenvalue weighted by atomic mass is 19.1. The van der Waals surface area contributed by atoms with Gasteiger partial charge in [0.25, 0.3) is 5.91 Å². The van der Waals surface area contributed by atoms with Gasteiger partial charge in [0, 0.05) is 30.9 Å². The molecule has 5 aliphatic rings. The standard InChI is InChI=1S/C23H27F2NO5/c1-12-4-5-18-13(2)19(20(27)26-11-14-8-15(24)10-16(25)9-14)28-21-23(18)17(12)6-7-22(3,29-21)30-31-23/h8-10,12,17-18,21H,4-7,11H2,1-3H3,(H,26,27)/t12-,17+,18+,21?,22?,23-/m1/s1. The largest absolute Gasteiger partial charge is 0.456 e. The van der Waals surface area contributed by atoms with Crippen LogP contribution in [-0.4, -0.2) is 23.6 Å². The van der Waals surface area contributed by atoms with Crippen LogP contribution in [0.1, 0.15) is 52.0 Å². The van der Waals surface area contributed by atoms with Crippen LogP contribution in [0, 0.1) is 29.4 Å². The molecule has 4 aliphatic heterocycles. The monoisotopic (exact) mass is 435 g/mol. The number of amides is 1. The van der Waals surface area contributed by atoms with Gasteiger partial charge in [-0.15, -0.1) is 0 Å². The molecule has 1 aliphatic carbocycles. The molecule has 31 heavy (non-hydrogen) atoms. The second kappa shape index (κ2) is 7.25. The van der Waals surface area contributed by atoms with Crippen LogP contribution in [0.2, 0.25) is 0 Å². The average Bonchev–Trinajstić information content (AvgIpc) is 2.94. The molecule has 4 fully saturated rings. The average molecular weight is 435 g/mol. The first-order valence-corrected chi connectivity index (χ1v) is 10.9. The molecule has 6 nitrogen and oxygen atoms in total. The second-order valence-corrected chi connectivity index (χ2v) is 9.45. The van der Waals surface area contributed by atoms with Gasteiger partial charge in [-0.2, -0.15) is 0 Å². The number of hydrogen-bond donors (Lipinski definition) is 1. The number of nitrogens with one attached hydrogen (secondary N) is 1. The number of hydrogen-bond acceptors (Lipinski definition) is 5. The molecule has 1 aromatic carbocycles. The van der Waals surface area contributed by atoms with Crippen LogP contribution >= 0.6 is 0 Å². The van der Waals surface area contributed by atoms with Crippen molar-refractivity contribution in [2.24, 2.45) is 17.8 Å². The van der Waals surface area contributed by atoms with Gasteiger partial charge < -0.3 is 14.8 Å². The van der Waals surface area contributed by atoms with Crippen molar-refractivity contribution >= 4 is 5.91 Å². The first kappa shape index (κ1) is 20.8. The minimum Gasteiger partial charge on any atom is -0.456 e. The molecule has 3 saturated heterocycles. The molecule has 1 N–H and O–H groups in total. The lowest BCUT2D eigenvalue weighted by atomic mass is 9.59. The Hall–Kier alpha value is -2.03. The van der Waals surface area contributed by atoms with Crippen molar-refractivity contribution in [1.29, 1.82) is 0 Å². The van der Waals surface area contributed by atoms with Crippen molar-refractivity contribution < 1.29 is 32.8 Å². The van der Waals surface area contributed by atoms with Gasteiger partial charge in [0.1, 0.15) is 11.6 Å². The molecule has 2 bridgehead atoms. The molecule has 0 aromatic heterocycles. The molecular weight excluding hydrogens is 408 g/mol. The highest BCUT2D eigenvalue weighted by Gasteiger charge is 2.68. The van der Waals surface area contributed by atoms with Gasteiger partial charge in [-0.3, -0.25) is 4.79 Å². The fraction of sp³-hybridized carbons (Fsp3) is 0.609. The Labute approximate surface area is 179 Å². The number of fused-ring (bicyclic) bond motifs is 2. The zero-order valence-electron chi connectivity index (χ0n) is 17.9. The lowest BCUT2D eigenvalue weighted by molar-refractivity contribution is -0.555. The van der Waals surface area contributed by atoms with Gasteiger partial charge in [0.05, 0.1) is 0 Å². The first-order valence-electron chi connectivity index (χ1n) is 10.9. The molecule has 168 valence electrons. The zero-order chi connectivity index (χ0) is 22.0. The van der Waals surface area contributed by atoms with E-state index < -0.39 is 35.2 Å². The van der Waals surface area contributed by atoms with E-state index in [0.717, 1.165) is 30.9 Å². The van der Waals surface area contributed by atoms with Crippen molar-refractivity contribution in [3.8, 4) is 0 Å².